The molecule has 98 valence electrons. The number of hydrogen-bond acceptors (Lipinski definition) is 3. The molecule has 1 aromatic rings. The summed E-state index contributed by atoms with van der Waals surface area (Å²) in [5.41, 5.74) is 1.28. The Labute approximate surface area is 110 Å². The van der Waals surface area contributed by atoms with E-state index in [1.165, 1.54) is 5.56 Å². The molecule has 0 radical (unpaired) electrons. The van der Waals surface area contributed by atoms with E-state index in [9.17, 15) is 0 Å². The van der Waals surface area contributed by atoms with Gasteiger partial charge < -0.3 is 14.8 Å². The Balaban J connectivity index is 0.00000256. The number of nitrogens with one attached hydrogen (secondary N) is 1. The molecule has 0 aliphatic rings. The van der Waals surface area contributed by atoms with Crippen molar-refractivity contribution in [2.24, 2.45) is 0 Å². The second kappa shape index (κ2) is 10.4. The van der Waals surface area contributed by atoms with Crippen LogP contribution in [0.15, 0.2) is 24.3 Å². The number of hydrogen-bond donors (Lipinski definition) is 1. The molecular weight excluding hydrogens is 238 g/mol. The number of halogens is 1. The number of rotatable bonds is 8. The molecule has 3 nitrogen and oxygen atoms in total. The molecule has 0 fully saturated rings. The van der Waals surface area contributed by atoms with Crippen molar-refractivity contribution in [3.05, 3.63) is 29.8 Å². The van der Waals surface area contributed by atoms with Crippen LogP contribution in [-0.2, 0) is 11.3 Å². The Morgan fingerprint density at radius 2 is 1.88 bits per heavy atom. The molecule has 4 heteroatoms. The number of benzene rings is 1. The largest absolute Gasteiger partial charge is 0.497 e. The minimum absolute atomic E-state index is 0. The zero-order valence-corrected chi connectivity index (χ0v) is 11.4. The molecular formula is C13H22ClNO2. The second-order valence-electron chi connectivity index (χ2n) is 3.58. The molecule has 0 spiro atoms. The Morgan fingerprint density at radius 3 is 2.47 bits per heavy atom. The van der Waals surface area contributed by atoms with Crippen LogP contribution in [0.4, 0.5) is 0 Å². The Hall–Kier alpha value is -0.770. The van der Waals surface area contributed by atoms with Gasteiger partial charge in [0.15, 0.2) is 0 Å². The summed E-state index contributed by atoms with van der Waals surface area (Å²) in [6.45, 7) is 5.55. The van der Waals surface area contributed by atoms with Gasteiger partial charge in [0.1, 0.15) is 5.75 Å². The van der Waals surface area contributed by atoms with Crippen molar-refractivity contribution < 1.29 is 9.47 Å². The van der Waals surface area contributed by atoms with E-state index in [0.29, 0.717) is 0 Å². The minimum atomic E-state index is 0. The van der Waals surface area contributed by atoms with E-state index >= 15 is 0 Å². The summed E-state index contributed by atoms with van der Waals surface area (Å²) in [6, 6.07) is 8.12. The number of methoxy groups -OCH3 is 1. The van der Waals surface area contributed by atoms with Crippen LogP contribution < -0.4 is 10.1 Å². The summed E-state index contributed by atoms with van der Waals surface area (Å²) >= 11 is 0. The predicted octanol–water partition coefficient (Wildman–Crippen LogP) is 2.63. The molecule has 1 N–H and O–H groups in total. The van der Waals surface area contributed by atoms with E-state index in [1.807, 2.05) is 19.1 Å². The molecule has 0 unspecified atom stereocenters. The molecule has 0 atom stereocenters. The summed E-state index contributed by atoms with van der Waals surface area (Å²) < 4.78 is 10.4. The predicted molar refractivity (Wildman–Crippen MR) is 73.1 cm³/mol. The third-order valence-electron chi connectivity index (χ3n) is 2.33. The molecule has 0 aromatic heterocycles. The van der Waals surface area contributed by atoms with Crippen LogP contribution in [0.3, 0.4) is 0 Å². The van der Waals surface area contributed by atoms with E-state index < -0.39 is 0 Å². The Morgan fingerprint density at radius 1 is 1.18 bits per heavy atom. The second-order valence-corrected chi connectivity index (χ2v) is 3.58. The van der Waals surface area contributed by atoms with Gasteiger partial charge in [-0.2, -0.15) is 0 Å². The first-order valence-corrected chi connectivity index (χ1v) is 5.78. The van der Waals surface area contributed by atoms with Crippen molar-refractivity contribution >= 4 is 12.4 Å². The van der Waals surface area contributed by atoms with Crippen molar-refractivity contribution in [1.82, 2.24) is 5.32 Å². The van der Waals surface area contributed by atoms with Crippen LogP contribution in [0.25, 0.3) is 0 Å². The first-order chi connectivity index (χ1) is 7.86. The average molecular weight is 260 g/mol. The van der Waals surface area contributed by atoms with Crippen molar-refractivity contribution in [2.45, 2.75) is 19.9 Å². The summed E-state index contributed by atoms with van der Waals surface area (Å²) in [6.07, 6.45) is 1.06. The van der Waals surface area contributed by atoms with Crippen LogP contribution in [0, 0.1) is 0 Å². The highest BCUT2D eigenvalue weighted by atomic mass is 35.5. The van der Waals surface area contributed by atoms with E-state index in [-0.39, 0.29) is 12.4 Å². The van der Waals surface area contributed by atoms with Crippen molar-refractivity contribution in [2.75, 3.05) is 26.9 Å². The lowest BCUT2D eigenvalue weighted by Crippen LogP contribution is -2.16. The maximum Gasteiger partial charge on any atom is 0.118 e. The third-order valence-corrected chi connectivity index (χ3v) is 2.33. The van der Waals surface area contributed by atoms with Crippen molar-refractivity contribution in [1.29, 1.82) is 0 Å². The van der Waals surface area contributed by atoms with E-state index in [2.05, 4.69) is 17.4 Å². The third kappa shape index (κ3) is 7.21. The van der Waals surface area contributed by atoms with E-state index in [0.717, 1.165) is 38.5 Å². The molecule has 0 saturated carbocycles. The van der Waals surface area contributed by atoms with Gasteiger partial charge >= 0.3 is 0 Å². The first-order valence-electron chi connectivity index (χ1n) is 5.78. The SMILES string of the molecule is CCOCCCNCc1ccc(OC)cc1.Cl. The van der Waals surface area contributed by atoms with Gasteiger partial charge in [-0.15, -0.1) is 12.4 Å². The summed E-state index contributed by atoms with van der Waals surface area (Å²) in [4.78, 5) is 0. The fraction of sp³-hybridized carbons (Fsp3) is 0.538. The first kappa shape index (κ1) is 16.2. The fourth-order valence-corrected chi connectivity index (χ4v) is 1.42. The molecule has 0 aliphatic carbocycles. The van der Waals surface area contributed by atoms with Gasteiger partial charge in [0.25, 0.3) is 0 Å². The van der Waals surface area contributed by atoms with Gasteiger partial charge in [-0.05, 0) is 37.6 Å². The van der Waals surface area contributed by atoms with Gasteiger partial charge in [0.2, 0.25) is 0 Å². The van der Waals surface area contributed by atoms with Crippen LogP contribution in [0.2, 0.25) is 0 Å². The highest BCUT2D eigenvalue weighted by Gasteiger charge is 1.94. The van der Waals surface area contributed by atoms with Crippen LogP contribution in [0.5, 0.6) is 5.75 Å². The Bertz CT molecular complexity index is 277. The standard InChI is InChI=1S/C13H21NO2.ClH/c1-3-16-10-4-9-14-11-12-5-7-13(15-2)8-6-12;/h5-8,14H,3-4,9-11H2,1-2H3;1H. The zero-order chi connectivity index (χ0) is 11.6. The van der Waals surface area contributed by atoms with Gasteiger partial charge in [0.05, 0.1) is 7.11 Å². The quantitative estimate of drug-likeness (QED) is 0.728. The lowest BCUT2D eigenvalue weighted by Gasteiger charge is -2.06. The van der Waals surface area contributed by atoms with E-state index in [1.54, 1.807) is 7.11 Å². The maximum absolute atomic E-state index is 5.26. The van der Waals surface area contributed by atoms with Gasteiger partial charge in [-0.25, -0.2) is 0 Å². The molecule has 1 rings (SSSR count). The maximum atomic E-state index is 5.26. The summed E-state index contributed by atoms with van der Waals surface area (Å²) in [7, 11) is 1.68. The molecule has 0 amide bonds. The topological polar surface area (TPSA) is 30.5 Å². The van der Waals surface area contributed by atoms with Crippen molar-refractivity contribution in [3.8, 4) is 5.75 Å². The fourth-order valence-electron chi connectivity index (χ4n) is 1.42. The summed E-state index contributed by atoms with van der Waals surface area (Å²) in [5.74, 6) is 0.903. The smallest absolute Gasteiger partial charge is 0.118 e. The van der Waals surface area contributed by atoms with Crippen LogP contribution in [0.1, 0.15) is 18.9 Å². The number of ether oxygens (including phenoxy) is 2. The summed E-state index contributed by atoms with van der Waals surface area (Å²) in [5, 5.41) is 3.38. The van der Waals surface area contributed by atoms with Crippen LogP contribution in [-0.4, -0.2) is 26.9 Å². The lowest BCUT2D eigenvalue weighted by molar-refractivity contribution is 0.144. The average Bonchev–Trinajstić information content (AvgIpc) is 2.34. The van der Waals surface area contributed by atoms with Crippen molar-refractivity contribution in [3.63, 3.8) is 0 Å². The molecule has 0 saturated heterocycles. The zero-order valence-electron chi connectivity index (χ0n) is 10.6. The highest BCUT2D eigenvalue weighted by molar-refractivity contribution is 5.85. The Kier molecular flexibility index (Phi) is 9.92. The van der Waals surface area contributed by atoms with Gasteiger partial charge in [-0.3, -0.25) is 0 Å². The monoisotopic (exact) mass is 259 g/mol. The van der Waals surface area contributed by atoms with Crippen LogP contribution >= 0.6 is 12.4 Å². The molecule has 17 heavy (non-hydrogen) atoms. The van der Waals surface area contributed by atoms with Gasteiger partial charge in [-0.1, -0.05) is 12.1 Å². The minimum Gasteiger partial charge on any atom is -0.497 e. The normalized spacial score (nSPS) is 9.76. The molecule has 0 heterocycles. The van der Waals surface area contributed by atoms with E-state index in [4.69, 9.17) is 9.47 Å². The highest BCUT2D eigenvalue weighted by Crippen LogP contribution is 2.10. The molecule has 1 aromatic carbocycles. The molecule has 0 aliphatic heterocycles. The van der Waals surface area contributed by atoms with Gasteiger partial charge in [0, 0.05) is 19.8 Å². The molecule has 0 bridgehead atoms. The lowest BCUT2D eigenvalue weighted by atomic mass is 10.2.